The van der Waals surface area contributed by atoms with Crippen LogP contribution in [0.4, 0.5) is 24.9 Å². The maximum atomic E-state index is 12.8. The third kappa shape index (κ3) is 5.05. The number of fused-ring (bicyclic) bond motifs is 1. The molecule has 0 spiro atoms. The van der Waals surface area contributed by atoms with Gasteiger partial charge in [0.2, 0.25) is 5.95 Å². The summed E-state index contributed by atoms with van der Waals surface area (Å²) in [7, 11) is 1.34. The van der Waals surface area contributed by atoms with Gasteiger partial charge in [-0.2, -0.15) is 18.2 Å². The Morgan fingerprint density at radius 3 is 2.68 bits per heavy atom. The molecule has 13 heteroatoms. The topological polar surface area (TPSA) is 125 Å². The van der Waals surface area contributed by atoms with Crippen LogP contribution in [0.25, 0.3) is 20.8 Å². The Morgan fingerprint density at radius 2 is 2.00 bits per heavy atom. The highest BCUT2D eigenvalue weighted by Crippen LogP contribution is 2.37. The predicted molar refractivity (Wildman–Crippen MR) is 123 cm³/mol. The van der Waals surface area contributed by atoms with Gasteiger partial charge in [0.15, 0.2) is 0 Å². The molecule has 9 nitrogen and oxygen atoms in total. The van der Waals surface area contributed by atoms with Crippen LogP contribution in [-0.4, -0.2) is 69.5 Å². The Hall–Kier alpha value is -3.03. The lowest BCUT2D eigenvalue weighted by atomic mass is 10.1. The number of oxime groups is 1. The molecule has 4 rings (SSSR count). The molecular weight excluding hydrogens is 473 g/mol. The number of anilines is 2. The number of thiazole rings is 1. The number of alkyl halides is 3. The van der Waals surface area contributed by atoms with Crippen LogP contribution in [0, 0.1) is 12.8 Å². The van der Waals surface area contributed by atoms with Gasteiger partial charge in [0.05, 0.1) is 27.5 Å². The van der Waals surface area contributed by atoms with Crippen molar-refractivity contribution in [3.05, 3.63) is 30.0 Å². The number of benzene rings is 1. The molecule has 1 saturated carbocycles. The third-order valence-corrected chi connectivity index (χ3v) is 6.49. The van der Waals surface area contributed by atoms with Crippen molar-refractivity contribution in [3.8, 4) is 10.6 Å². The highest BCUT2D eigenvalue weighted by atomic mass is 32.1. The van der Waals surface area contributed by atoms with E-state index in [9.17, 15) is 23.4 Å². The van der Waals surface area contributed by atoms with Crippen LogP contribution >= 0.6 is 11.3 Å². The first-order valence-corrected chi connectivity index (χ1v) is 11.2. The number of aromatic nitrogens is 3. The van der Waals surface area contributed by atoms with Crippen molar-refractivity contribution in [1.82, 2.24) is 15.0 Å². The number of nitrogens with zero attached hydrogens (tertiary/aromatic N) is 4. The van der Waals surface area contributed by atoms with Gasteiger partial charge >= 0.3 is 6.18 Å². The quantitative estimate of drug-likeness (QED) is 0.368. The van der Waals surface area contributed by atoms with Gasteiger partial charge in [0.1, 0.15) is 36.3 Å². The summed E-state index contributed by atoms with van der Waals surface area (Å²) < 4.78 is 39.2. The Morgan fingerprint density at radius 1 is 1.24 bits per heavy atom. The average molecular weight is 497 g/mol. The standard InChI is InChI=1S/C21H23F3N6O3S/c1-10-15(19-28-12-5-3-4-6-14(12)34-19)18(29-20(26-10)25-9-21(22,23)24)27-13-7-11(8-31)17(32)16(13)30-33-2/h3-6,11,13,17,31-32H,7-9H2,1-2H3,(H2,25,26,27,29)/b30-16+/t11-,13-,17-/m1/s1. The van der Waals surface area contributed by atoms with E-state index in [2.05, 4.69) is 30.7 Å². The van der Waals surface area contributed by atoms with Crippen LogP contribution in [0.3, 0.4) is 0 Å². The summed E-state index contributed by atoms with van der Waals surface area (Å²) >= 11 is 1.40. The summed E-state index contributed by atoms with van der Waals surface area (Å²) in [5.74, 6) is -0.455. The highest BCUT2D eigenvalue weighted by Gasteiger charge is 2.40. The molecule has 1 fully saturated rings. The fourth-order valence-corrected chi connectivity index (χ4v) is 4.93. The minimum absolute atomic E-state index is 0.204. The number of aliphatic hydroxyl groups excluding tert-OH is 2. The molecule has 3 aromatic rings. The van der Waals surface area contributed by atoms with Crippen molar-refractivity contribution in [1.29, 1.82) is 0 Å². The number of nitrogens with one attached hydrogen (secondary N) is 2. The van der Waals surface area contributed by atoms with Crippen LogP contribution in [0.15, 0.2) is 29.4 Å². The Labute approximate surface area is 196 Å². The average Bonchev–Trinajstić information content (AvgIpc) is 3.33. The van der Waals surface area contributed by atoms with E-state index in [-0.39, 0.29) is 24.1 Å². The van der Waals surface area contributed by atoms with Gasteiger partial charge in [-0.1, -0.05) is 17.3 Å². The maximum Gasteiger partial charge on any atom is 0.405 e. The molecule has 1 aliphatic carbocycles. The highest BCUT2D eigenvalue weighted by molar-refractivity contribution is 7.21. The van der Waals surface area contributed by atoms with Crippen molar-refractivity contribution in [3.63, 3.8) is 0 Å². The maximum absolute atomic E-state index is 12.8. The van der Waals surface area contributed by atoms with Crippen LogP contribution < -0.4 is 10.6 Å². The summed E-state index contributed by atoms with van der Waals surface area (Å²) in [6.07, 6.45) is -5.18. The van der Waals surface area contributed by atoms with E-state index in [1.54, 1.807) is 6.92 Å². The predicted octanol–water partition coefficient (Wildman–Crippen LogP) is 3.19. The molecule has 0 amide bonds. The normalized spacial score (nSPS) is 21.9. The minimum atomic E-state index is -4.45. The van der Waals surface area contributed by atoms with Crippen molar-refractivity contribution in [2.75, 3.05) is 30.9 Å². The van der Waals surface area contributed by atoms with Gasteiger partial charge in [-0.05, 0) is 25.5 Å². The van der Waals surface area contributed by atoms with Crippen LogP contribution in [0.1, 0.15) is 12.1 Å². The molecule has 34 heavy (non-hydrogen) atoms. The first-order valence-electron chi connectivity index (χ1n) is 10.4. The molecule has 1 aliphatic rings. The molecule has 0 radical (unpaired) electrons. The number of para-hydroxylation sites is 1. The smallest absolute Gasteiger partial charge is 0.399 e. The van der Waals surface area contributed by atoms with E-state index < -0.39 is 30.8 Å². The fraction of sp³-hybridized carbons (Fsp3) is 0.429. The van der Waals surface area contributed by atoms with Gasteiger partial charge in [-0.25, -0.2) is 9.97 Å². The van der Waals surface area contributed by atoms with Crippen LogP contribution in [-0.2, 0) is 4.84 Å². The molecule has 2 aromatic heterocycles. The van der Waals surface area contributed by atoms with Gasteiger partial charge in [-0.15, -0.1) is 11.3 Å². The molecule has 0 aliphatic heterocycles. The molecular formula is C21H23F3N6O3S. The van der Waals surface area contributed by atoms with E-state index in [0.717, 1.165) is 10.2 Å². The van der Waals surface area contributed by atoms with Crippen LogP contribution in [0.5, 0.6) is 0 Å². The molecule has 4 N–H and O–H groups in total. The van der Waals surface area contributed by atoms with Gasteiger partial charge < -0.3 is 25.7 Å². The van der Waals surface area contributed by atoms with Crippen molar-refractivity contribution in [2.45, 2.75) is 31.7 Å². The number of aryl methyl sites for hydroxylation is 1. The van der Waals surface area contributed by atoms with Crippen LogP contribution in [0.2, 0.25) is 0 Å². The summed E-state index contributed by atoms with van der Waals surface area (Å²) in [6, 6.07) is 6.95. The van der Waals surface area contributed by atoms with E-state index >= 15 is 0 Å². The van der Waals surface area contributed by atoms with Gasteiger partial charge in [-0.3, -0.25) is 0 Å². The second-order valence-electron chi connectivity index (χ2n) is 7.83. The number of hydrogen-bond donors (Lipinski definition) is 4. The number of rotatable bonds is 7. The monoisotopic (exact) mass is 496 g/mol. The molecule has 0 bridgehead atoms. The summed E-state index contributed by atoms with van der Waals surface area (Å²) in [4.78, 5) is 18.0. The number of aliphatic hydroxyl groups is 2. The molecule has 0 unspecified atom stereocenters. The zero-order valence-electron chi connectivity index (χ0n) is 18.3. The Balaban J connectivity index is 1.77. The van der Waals surface area contributed by atoms with E-state index in [1.807, 2.05) is 24.3 Å². The van der Waals surface area contributed by atoms with Crippen molar-refractivity contribution >= 4 is 39.0 Å². The minimum Gasteiger partial charge on any atom is -0.399 e. The molecule has 3 atom stereocenters. The van der Waals surface area contributed by atoms with Gasteiger partial charge in [0.25, 0.3) is 0 Å². The van der Waals surface area contributed by atoms with Crippen molar-refractivity contribution in [2.24, 2.45) is 11.1 Å². The fourth-order valence-electron chi connectivity index (χ4n) is 3.87. The third-order valence-electron chi connectivity index (χ3n) is 5.43. The Bertz CT molecular complexity index is 1170. The zero-order valence-corrected chi connectivity index (χ0v) is 19.1. The lowest BCUT2D eigenvalue weighted by Gasteiger charge is -2.19. The Kier molecular flexibility index (Phi) is 6.86. The van der Waals surface area contributed by atoms with E-state index in [4.69, 9.17) is 4.84 Å². The summed E-state index contributed by atoms with van der Waals surface area (Å²) in [5.41, 5.74) is 1.98. The van der Waals surface area contributed by atoms with Gasteiger partial charge in [0, 0.05) is 12.5 Å². The lowest BCUT2D eigenvalue weighted by molar-refractivity contribution is -0.115. The molecule has 0 saturated heterocycles. The molecule has 2 heterocycles. The SMILES string of the molecule is CO/N=C1\[C@H](Nc2nc(NCC(F)(F)F)nc(C)c2-c2nc3ccccc3s2)C[C@H](CO)[C@H]1O. The second-order valence-corrected chi connectivity index (χ2v) is 8.86. The largest absolute Gasteiger partial charge is 0.405 e. The number of hydrogen-bond acceptors (Lipinski definition) is 10. The van der Waals surface area contributed by atoms with Crippen molar-refractivity contribution < 1.29 is 28.2 Å². The second kappa shape index (κ2) is 9.68. The zero-order chi connectivity index (χ0) is 24.5. The van der Waals surface area contributed by atoms with E-state index in [0.29, 0.717) is 22.7 Å². The number of halogens is 3. The molecule has 1 aromatic carbocycles. The first-order chi connectivity index (χ1) is 16.2. The lowest BCUT2D eigenvalue weighted by Crippen LogP contribution is -2.31. The first kappa shape index (κ1) is 24.1. The summed E-state index contributed by atoms with van der Waals surface area (Å²) in [6.45, 7) is 0.0999. The molecule has 182 valence electrons. The van der Waals surface area contributed by atoms with E-state index in [1.165, 1.54) is 18.4 Å². The summed E-state index contributed by atoms with van der Waals surface area (Å²) in [5, 5.41) is 30.0.